The average Bonchev–Trinajstić information content (AvgIpc) is 3.41. The molecule has 5 aromatic rings. The van der Waals surface area contributed by atoms with Crippen LogP contribution in [0.1, 0.15) is 0 Å². The summed E-state index contributed by atoms with van der Waals surface area (Å²) in [4.78, 5) is 1.03. The van der Waals surface area contributed by atoms with Crippen LogP contribution in [0.3, 0.4) is 0 Å². The number of hydrogen-bond acceptors (Lipinski definition) is 2. The van der Waals surface area contributed by atoms with Crippen LogP contribution in [0.5, 0.6) is 0 Å². The van der Waals surface area contributed by atoms with E-state index in [1.165, 1.54) is 0 Å². The van der Waals surface area contributed by atoms with Crippen molar-refractivity contribution in [2.45, 2.75) is 0 Å². The van der Waals surface area contributed by atoms with Crippen molar-refractivity contribution in [3.63, 3.8) is 0 Å². The van der Waals surface area contributed by atoms with Crippen LogP contribution < -0.4 is 0 Å². The molecule has 31 heavy (non-hydrogen) atoms. The Balaban J connectivity index is 1.73. The molecule has 0 unspecified atom stereocenters. The van der Waals surface area contributed by atoms with Crippen LogP contribution in [0.4, 0.5) is 0 Å². The molecular weight excluding hydrogens is 467 g/mol. The maximum atomic E-state index is 6.45. The Hall–Kier alpha value is -2.56. The van der Waals surface area contributed by atoms with E-state index in [9.17, 15) is 0 Å². The highest BCUT2D eigenvalue weighted by Crippen LogP contribution is 2.40. The zero-order valence-electron chi connectivity index (χ0n) is 16.1. The van der Waals surface area contributed by atoms with Crippen molar-refractivity contribution in [1.29, 1.82) is 0 Å². The lowest BCUT2D eigenvalue weighted by Crippen LogP contribution is -1.99. The first-order valence-electron chi connectivity index (χ1n) is 9.55. The van der Waals surface area contributed by atoms with Crippen molar-refractivity contribution in [1.82, 2.24) is 9.78 Å². The van der Waals surface area contributed by atoms with Gasteiger partial charge in [-0.15, -0.1) is 11.3 Å². The SMILES string of the molecule is Clc1ccc(-c2cc(-c3ccccc3-c3sccc3Cl)nn2-c2cccc(Cl)c2)cc1. The molecular formula is C25H15Cl3N2S. The van der Waals surface area contributed by atoms with Crippen LogP contribution in [-0.2, 0) is 0 Å². The molecule has 0 atom stereocenters. The summed E-state index contributed by atoms with van der Waals surface area (Å²) in [6, 6.07) is 27.6. The van der Waals surface area contributed by atoms with Crippen LogP contribution in [0.2, 0.25) is 15.1 Å². The number of aromatic nitrogens is 2. The molecule has 0 saturated carbocycles. The highest BCUT2D eigenvalue weighted by atomic mass is 35.5. The molecule has 2 nitrogen and oxygen atoms in total. The molecule has 0 N–H and O–H groups in total. The van der Waals surface area contributed by atoms with Crippen LogP contribution in [0.25, 0.3) is 38.6 Å². The van der Waals surface area contributed by atoms with Crippen molar-refractivity contribution in [3.05, 3.63) is 105 Å². The van der Waals surface area contributed by atoms with Gasteiger partial charge in [-0.25, -0.2) is 4.68 Å². The molecule has 2 aromatic heterocycles. The molecule has 5 rings (SSSR count). The normalized spacial score (nSPS) is 11.1. The summed E-state index contributed by atoms with van der Waals surface area (Å²) in [6.45, 7) is 0. The van der Waals surface area contributed by atoms with Gasteiger partial charge in [0.05, 0.1) is 27.0 Å². The van der Waals surface area contributed by atoms with Crippen LogP contribution >= 0.6 is 46.1 Å². The van der Waals surface area contributed by atoms with Crippen molar-refractivity contribution in [2.75, 3.05) is 0 Å². The third-order valence-corrected chi connectivity index (χ3v) is 6.83. The van der Waals surface area contributed by atoms with Crippen LogP contribution in [0.15, 0.2) is 90.3 Å². The summed E-state index contributed by atoms with van der Waals surface area (Å²) in [5, 5.41) is 9.06. The van der Waals surface area contributed by atoms with E-state index in [0.29, 0.717) is 10.0 Å². The first-order chi connectivity index (χ1) is 15.1. The lowest BCUT2D eigenvalue weighted by Gasteiger charge is -2.08. The van der Waals surface area contributed by atoms with E-state index in [-0.39, 0.29) is 0 Å². The fourth-order valence-corrected chi connectivity index (χ4v) is 5.04. The number of rotatable bonds is 4. The van der Waals surface area contributed by atoms with Gasteiger partial charge >= 0.3 is 0 Å². The van der Waals surface area contributed by atoms with Crippen LogP contribution in [-0.4, -0.2) is 9.78 Å². The third-order valence-electron chi connectivity index (χ3n) is 4.97. The predicted octanol–water partition coefficient (Wildman–Crippen LogP) is 8.89. The molecule has 0 aliphatic carbocycles. The minimum absolute atomic E-state index is 0.655. The van der Waals surface area contributed by atoms with Gasteiger partial charge in [-0.3, -0.25) is 0 Å². The van der Waals surface area contributed by atoms with Crippen molar-refractivity contribution in [3.8, 4) is 38.6 Å². The molecule has 3 aromatic carbocycles. The minimum atomic E-state index is 0.655. The summed E-state index contributed by atoms with van der Waals surface area (Å²) in [5.41, 5.74) is 5.76. The second-order valence-corrected chi connectivity index (χ2v) is 9.15. The van der Waals surface area contributed by atoms with E-state index < -0.39 is 0 Å². The molecule has 152 valence electrons. The Morgan fingerprint density at radius 1 is 0.710 bits per heavy atom. The summed E-state index contributed by atoms with van der Waals surface area (Å²) in [6.07, 6.45) is 0. The van der Waals surface area contributed by atoms with Gasteiger partial charge in [0.25, 0.3) is 0 Å². The molecule has 0 aliphatic heterocycles. The standard InChI is InChI=1S/C25H15Cl3N2S/c26-17-10-8-16(9-11-17)24-15-23(29-30(24)19-5-3-4-18(27)14-19)20-6-1-2-7-21(20)25-22(28)12-13-31-25/h1-15H. The zero-order valence-corrected chi connectivity index (χ0v) is 19.2. The largest absolute Gasteiger partial charge is 0.232 e. The quantitative estimate of drug-likeness (QED) is 0.250. The molecule has 0 radical (unpaired) electrons. The molecule has 0 saturated heterocycles. The van der Waals surface area contributed by atoms with Crippen molar-refractivity contribution in [2.24, 2.45) is 0 Å². The van der Waals surface area contributed by atoms with Gasteiger partial charge in [-0.2, -0.15) is 5.10 Å². The zero-order chi connectivity index (χ0) is 21.4. The van der Waals surface area contributed by atoms with E-state index in [4.69, 9.17) is 39.9 Å². The number of hydrogen-bond donors (Lipinski definition) is 0. The molecule has 0 spiro atoms. The number of benzene rings is 3. The lowest BCUT2D eigenvalue weighted by atomic mass is 10.0. The highest BCUT2D eigenvalue weighted by molar-refractivity contribution is 7.14. The molecule has 0 bridgehead atoms. The Labute approximate surface area is 199 Å². The van der Waals surface area contributed by atoms with Gasteiger partial charge in [-0.1, -0.05) is 77.3 Å². The van der Waals surface area contributed by atoms with E-state index in [0.717, 1.165) is 43.7 Å². The monoisotopic (exact) mass is 480 g/mol. The minimum Gasteiger partial charge on any atom is -0.232 e. The number of nitrogens with zero attached hydrogens (tertiary/aromatic N) is 2. The summed E-state index contributed by atoms with van der Waals surface area (Å²) < 4.78 is 1.91. The third kappa shape index (κ3) is 4.02. The molecule has 0 aliphatic rings. The molecule has 0 amide bonds. The Morgan fingerprint density at radius 3 is 2.19 bits per heavy atom. The van der Waals surface area contributed by atoms with Gasteiger partial charge in [0.15, 0.2) is 0 Å². The molecule has 2 heterocycles. The van der Waals surface area contributed by atoms with Crippen molar-refractivity contribution < 1.29 is 0 Å². The Bertz CT molecular complexity index is 1370. The van der Waals surface area contributed by atoms with Crippen LogP contribution in [0, 0.1) is 0 Å². The summed E-state index contributed by atoms with van der Waals surface area (Å²) >= 11 is 20.5. The predicted molar refractivity (Wildman–Crippen MR) is 133 cm³/mol. The fraction of sp³-hybridized carbons (Fsp3) is 0. The van der Waals surface area contributed by atoms with Gasteiger partial charge in [0, 0.05) is 26.7 Å². The second-order valence-electron chi connectivity index (χ2n) is 6.96. The summed E-state index contributed by atoms with van der Waals surface area (Å²) in [5.74, 6) is 0. The van der Waals surface area contributed by atoms with E-state index in [2.05, 4.69) is 18.2 Å². The molecule has 0 fully saturated rings. The first-order valence-corrected chi connectivity index (χ1v) is 11.6. The maximum Gasteiger partial charge on any atom is 0.0940 e. The van der Waals surface area contributed by atoms with Gasteiger partial charge < -0.3 is 0 Å². The van der Waals surface area contributed by atoms with Gasteiger partial charge in [0.1, 0.15) is 0 Å². The van der Waals surface area contributed by atoms with Crippen molar-refractivity contribution >= 4 is 46.1 Å². The van der Waals surface area contributed by atoms with E-state index in [1.807, 2.05) is 76.8 Å². The maximum absolute atomic E-state index is 6.45. The Morgan fingerprint density at radius 2 is 1.48 bits per heavy atom. The van der Waals surface area contributed by atoms with E-state index in [1.54, 1.807) is 11.3 Å². The topological polar surface area (TPSA) is 17.8 Å². The number of thiophene rings is 1. The highest BCUT2D eigenvalue weighted by Gasteiger charge is 2.17. The Kier molecular flexibility index (Phi) is 5.59. The van der Waals surface area contributed by atoms with Gasteiger partial charge in [-0.05, 0) is 47.8 Å². The summed E-state index contributed by atoms with van der Waals surface area (Å²) in [7, 11) is 0. The first kappa shape index (κ1) is 20.3. The fourth-order valence-electron chi connectivity index (χ4n) is 3.53. The lowest BCUT2D eigenvalue weighted by molar-refractivity contribution is 0.892. The second kappa shape index (κ2) is 8.52. The smallest absolute Gasteiger partial charge is 0.0940 e. The van der Waals surface area contributed by atoms with Gasteiger partial charge in [0.2, 0.25) is 0 Å². The van der Waals surface area contributed by atoms with E-state index >= 15 is 0 Å². The number of halogens is 3. The average molecular weight is 482 g/mol. The molecule has 6 heteroatoms.